The molecule has 0 aromatic heterocycles. The lowest BCUT2D eigenvalue weighted by molar-refractivity contribution is 0.150. The second-order valence-electron chi connectivity index (χ2n) is 9.20. The molecule has 0 bridgehead atoms. The van der Waals surface area contributed by atoms with Crippen molar-refractivity contribution in [3.05, 3.63) is 131 Å². The van der Waals surface area contributed by atoms with E-state index in [2.05, 4.69) is 97.1 Å². The lowest BCUT2D eigenvalue weighted by Crippen LogP contribution is -2.34. The summed E-state index contributed by atoms with van der Waals surface area (Å²) in [6, 6.07) is 35.5. The Kier molecular flexibility index (Phi) is 4.65. The zero-order valence-corrected chi connectivity index (χ0v) is 19.9. The van der Waals surface area contributed by atoms with Gasteiger partial charge in [0.25, 0.3) is 0 Å². The van der Waals surface area contributed by atoms with Crippen molar-refractivity contribution in [3.63, 3.8) is 0 Å². The Morgan fingerprint density at radius 1 is 0.694 bits per heavy atom. The molecule has 174 valence electrons. The zero-order valence-electron chi connectivity index (χ0n) is 19.9. The molecule has 36 heavy (non-hydrogen) atoms. The first-order chi connectivity index (χ1) is 17.8. The summed E-state index contributed by atoms with van der Waals surface area (Å²) in [7, 11) is 1.68. The first-order valence-corrected chi connectivity index (χ1v) is 12.2. The second kappa shape index (κ2) is 8.03. The topological polar surface area (TPSA) is 27.7 Å². The van der Waals surface area contributed by atoms with Crippen LogP contribution >= 0.6 is 0 Å². The lowest BCUT2D eigenvalue weighted by atomic mass is 9.82. The van der Waals surface area contributed by atoms with Gasteiger partial charge in [-0.1, -0.05) is 91.0 Å². The fourth-order valence-corrected chi connectivity index (χ4v) is 5.53. The van der Waals surface area contributed by atoms with E-state index in [4.69, 9.17) is 14.2 Å². The van der Waals surface area contributed by atoms with Crippen LogP contribution in [-0.2, 0) is 12.2 Å². The highest BCUT2D eigenvalue weighted by molar-refractivity contribution is 6.07. The average Bonchev–Trinajstić information content (AvgIpc) is 2.97. The van der Waals surface area contributed by atoms with Gasteiger partial charge in [-0.05, 0) is 46.2 Å². The molecule has 5 aromatic rings. The van der Waals surface area contributed by atoms with Crippen LogP contribution in [0.2, 0.25) is 0 Å². The molecule has 0 amide bonds. The molecule has 0 saturated carbocycles. The summed E-state index contributed by atoms with van der Waals surface area (Å²) in [5.74, 6) is 2.39. The Morgan fingerprint density at radius 3 is 2.19 bits per heavy atom. The lowest BCUT2D eigenvalue weighted by Gasteiger charge is -2.38. The van der Waals surface area contributed by atoms with E-state index < -0.39 is 5.60 Å². The van der Waals surface area contributed by atoms with E-state index in [1.807, 2.05) is 18.2 Å². The maximum atomic E-state index is 7.13. The van der Waals surface area contributed by atoms with E-state index in [0.717, 1.165) is 44.9 Å². The Hall–Kier alpha value is -4.50. The van der Waals surface area contributed by atoms with Gasteiger partial charge in [0.2, 0.25) is 0 Å². The largest absolute Gasteiger partial charge is 0.497 e. The van der Waals surface area contributed by atoms with Crippen molar-refractivity contribution in [1.82, 2.24) is 0 Å². The van der Waals surface area contributed by atoms with Gasteiger partial charge in [-0.3, -0.25) is 0 Å². The number of benzene rings is 5. The van der Waals surface area contributed by atoms with E-state index in [1.54, 1.807) is 7.11 Å². The van der Waals surface area contributed by atoms with Gasteiger partial charge >= 0.3 is 0 Å². The average molecular weight is 469 g/mol. The highest BCUT2D eigenvalue weighted by Gasteiger charge is 2.40. The Labute approximate surface area is 210 Å². The van der Waals surface area contributed by atoms with Crippen LogP contribution in [0.3, 0.4) is 0 Å². The third-order valence-electron chi connectivity index (χ3n) is 7.29. The van der Waals surface area contributed by atoms with Crippen LogP contribution in [0.15, 0.2) is 109 Å². The predicted molar refractivity (Wildman–Crippen MR) is 144 cm³/mol. The molecular weight excluding hydrogens is 444 g/mol. The maximum Gasteiger partial charge on any atom is 0.178 e. The van der Waals surface area contributed by atoms with E-state index in [-0.39, 0.29) is 0 Å². The molecule has 0 spiro atoms. The standard InChI is InChI=1S/C33H24O3/c1-34-25-17-15-24(16-18-25)33(23-10-3-2-4-11-23)20-19-29-27-13-7-8-14-28(27)30-26-12-6-5-9-22(26)21-35-32(30)31(29)36-33/h2-20H,21H2,1H3. The summed E-state index contributed by atoms with van der Waals surface area (Å²) in [5, 5.41) is 2.32. The monoisotopic (exact) mass is 468 g/mol. The zero-order chi connectivity index (χ0) is 24.1. The van der Waals surface area contributed by atoms with E-state index in [1.165, 1.54) is 16.5 Å². The molecule has 0 N–H and O–H groups in total. The van der Waals surface area contributed by atoms with Crippen molar-refractivity contribution in [1.29, 1.82) is 0 Å². The van der Waals surface area contributed by atoms with Crippen LogP contribution in [0.5, 0.6) is 17.2 Å². The minimum atomic E-state index is -0.808. The normalized spacial score (nSPS) is 17.4. The number of fused-ring (bicyclic) bond motifs is 8. The minimum Gasteiger partial charge on any atom is -0.497 e. The van der Waals surface area contributed by atoms with Gasteiger partial charge in [0.1, 0.15) is 12.4 Å². The summed E-state index contributed by atoms with van der Waals surface area (Å²) < 4.78 is 19.0. The molecule has 0 aliphatic carbocycles. The minimum absolute atomic E-state index is 0.516. The summed E-state index contributed by atoms with van der Waals surface area (Å²) in [6.07, 6.45) is 4.37. The van der Waals surface area contributed by atoms with Gasteiger partial charge in [-0.15, -0.1) is 0 Å². The molecule has 1 atom stereocenters. The Morgan fingerprint density at radius 2 is 1.39 bits per heavy atom. The quantitative estimate of drug-likeness (QED) is 0.271. The van der Waals surface area contributed by atoms with Crippen molar-refractivity contribution in [2.75, 3.05) is 7.11 Å². The highest BCUT2D eigenvalue weighted by Crippen LogP contribution is 2.55. The van der Waals surface area contributed by atoms with Crippen molar-refractivity contribution in [2.45, 2.75) is 12.2 Å². The summed E-state index contributed by atoms with van der Waals surface area (Å²) in [4.78, 5) is 0. The molecule has 3 heteroatoms. The number of hydrogen-bond acceptors (Lipinski definition) is 3. The van der Waals surface area contributed by atoms with Gasteiger partial charge < -0.3 is 14.2 Å². The molecule has 5 aromatic carbocycles. The Bertz CT molecular complexity index is 1630. The number of ether oxygens (including phenoxy) is 3. The summed E-state index contributed by atoms with van der Waals surface area (Å²) in [5.41, 5.74) is 5.79. The number of hydrogen-bond donors (Lipinski definition) is 0. The molecule has 0 fully saturated rings. The summed E-state index contributed by atoms with van der Waals surface area (Å²) >= 11 is 0. The maximum absolute atomic E-state index is 7.13. The molecule has 2 aliphatic rings. The first-order valence-electron chi connectivity index (χ1n) is 12.2. The van der Waals surface area contributed by atoms with Crippen LogP contribution in [-0.4, -0.2) is 7.11 Å². The molecule has 7 rings (SSSR count). The van der Waals surface area contributed by atoms with Crippen molar-refractivity contribution in [3.8, 4) is 28.4 Å². The van der Waals surface area contributed by atoms with Gasteiger partial charge in [0.05, 0.1) is 7.11 Å². The molecule has 1 unspecified atom stereocenters. The third kappa shape index (κ3) is 2.99. The van der Waals surface area contributed by atoms with Gasteiger partial charge in [-0.25, -0.2) is 0 Å². The molecule has 0 radical (unpaired) electrons. The van der Waals surface area contributed by atoms with Gasteiger partial charge in [-0.2, -0.15) is 0 Å². The molecule has 2 heterocycles. The highest BCUT2D eigenvalue weighted by atomic mass is 16.5. The fourth-order valence-electron chi connectivity index (χ4n) is 5.53. The molecule has 0 saturated heterocycles. The predicted octanol–water partition coefficient (Wildman–Crippen LogP) is 7.76. The first kappa shape index (κ1) is 20.8. The van der Waals surface area contributed by atoms with E-state index >= 15 is 0 Å². The van der Waals surface area contributed by atoms with E-state index in [9.17, 15) is 0 Å². The van der Waals surface area contributed by atoms with Crippen LogP contribution in [0.1, 0.15) is 22.3 Å². The molecule has 3 nitrogen and oxygen atoms in total. The smallest absolute Gasteiger partial charge is 0.178 e. The summed E-state index contributed by atoms with van der Waals surface area (Å²) in [6.45, 7) is 0.516. The number of rotatable bonds is 3. The van der Waals surface area contributed by atoms with Crippen LogP contribution in [0.4, 0.5) is 0 Å². The van der Waals surface area contributed by atoms with Gasteiger partial charge in [0, 0.05) is 22.3 Å². The van der Waals surface area contributed by atoms with Crippen LogP contribution in [0, 0.1) is 0 Å². The molecular formula is C33H24O3. The van der Waals surface area contributed by atoms with Gasteiger partial charge in [0.15, 0.2) is 17.1 Å². The van der Waals surface area contributed by atoms with Crippen molar-refractivity contribution < 1.29 is 14.2 Å². The molecule has 2 aliphatic heterocycles. The SMILES string of the molecule is COc1ccc(C2(c3ccccc3)C=Cc3c(c4c(c5ccccc35)-c3ccccc3CO4)O2)cc1. The van der Waals surface area contributed by atoms with Crippen molar-refractivity contribution >= 4 is 16.8 Å². The third-order valence-corrected chi connectivity index (χ3v) is 7.29. The van der Waals surface area contributed by atoms with Crippen molar-refractivity contribution in [2.24, 2.45) is 0 Å². The second-order valence-corrected chi connectivity index (χ2v) is 9.20. The van der Waals surface area contributed by atoms with Crippen LogP contribution in [0.25, 0.3) is 28.0 Å². The van der Waals surface area contributed by atoms with E-state index in [0.29, 0.717) is 6.61 Å². The van der Waals surface area contributed by atoms with Crippen LogP contribution < -0.4 is 14.2 Å². The Balaban J connectivity index is 1.52. The number of methoxy groups -OCH3 is 1. The fraction of sp³-hybridized carbons (Fsp3) is 0.0909.